The van der Waals surface area contributed by atoms with E-state index >= 15 is 0 Å². The van der Waals surface area contributed by atoms with Gasteiger partial charge < -0.3 is 16.9 Å². The number of hydrogen-bond acceptors (Lipinski definition) is 3. The maximum atomic E-state index is 10.3. The first kappa shape index (κ1) is 12.4. The van der Waals surface area contributed by atoms with Gasteiger partial charge in [0, 0.05) is 0 Å². The molecule has 0 saturated heterocycles. The molecule has 0 radical (unpaired) electrons. The molecule has 0 bridgehead atoms. The van der Waals surface area contributed by atoms with Gasteiger partial charge in [-0.3, -0.25) is 4.79 Å². The quantitative estimate of drug-likeness (QED) is 0.544. The minimum Gasteiger partial charge on any atom is -0.412 e. The third kappa shape index (κ3) is 5.87. The van der Waals surface area contributed by atoms with Crippen LogP contribution < -0.4 is 11.5 Å². The van der Waals surface area contributed by atoms with Crippen LogP contribution in [0.1, 0.15) is 6.42 Å². The first-order valence-electron chi connectivity index (χ1n) is 2.72. The molecule has 0 aromatic carbocycles. The Kier molecular flexibility index (Phi) is 8.51. The highest BCUT2D eigenvalue weighted by molar-refractivity contribution is 7.98. The molecule has 0 aliphatic heterocycles. The van der Waals surface area contributed by atoms with Gasteiger partial charge in [0.1, 0.15) is 0 Å². The minimum absolute atomic E-state index is 0. The van der Waals surface area contributed by atoms with Crippen molar-refractivity contribution in [1.29, 1.82) is 0 Å². The monoisotopic (exact) mass is 166 g/mol. The molecule has 0 saturated carbocycles. The third-order valence-electron chi connectivity index (χ3n) is 0.998. The topological polar surface area (TPSA) is 101 Å². The first-order chi connectivity index (χ1) is 4.18. The Morgan fingerprint density at radius 1 is 1.70 bits per heavy atom. The zero-order chi connectivity index (χ0) is 7.28. The Hall–Kier alpha value is -0.260. The average Bonchev–Trinajstić information content (AvgIpc) is 1.82. The predicted octanol–water partition coefficient (Wildman–Crippen LogP) is -1.27. The molecule has 0 heterocycles. The lowest BCUT2D eigenvalue weighted by Gasteiger charge is -2.03. The number of primary amides is 1. The Balaban J connectivity index is 0. The summed E-state index contributed by atoms with van der Waals surface area (Å²) < 4.78 is 0. The number of thioether (sulfide) groups is 1. The molecule has 0 unspecified atom stereocenters. The Morgan fingerprint density at radius 3 is 2.50 bits per heavy atom. The van der Waals surface area contributed by atoms with Gasteiger partial charge in [0.05, 0.1) is 6.04 Å². The summed E-state index contributed by atoms with van der Waals surface area (Å²) >= 11 is 1.66. The van der Waals surface area contributed by atoms with Gasteiger partial charge in [0.2, 0.25) is 5.91 Å². The molecular weight excluding hydrogens is 152 g/mol. The number of hydrogen-bond donors (Lipinski definition) is 2. The highest BCUT2D eigenvalue weighted by Gasteiger charge is 2.06. The second-order valence-electron chi connectivity index (χ2n) is 1.79. The van der Waals surface area contributed by atoms with Crippen LogP contribution in [-0.2, 0) is 4.79 Å². The van der Waals surface area contributed by atoms with Gasteiger partial charge in [-0.05, 0) is 18.4 Å². The van der Waals surface area contributed by atoms with E-state index in [-0.39, 0.29) is 5.48 Å². The zero-order valence-electron chi connectivity index (χ0n) is 5.96. The molecule has 1 amide bonds. The standard InChI is InChI=1S/C5H12N2OS.H2O/c1-9-3-2-4(6)5(7)8;/h4H,2-3,6H2,1H3,(H2,7,8);1H2/t4-;/m0./s1. The van der Waals surface area contributed by atoms with E-state index < -0.39 is 11.9 Å². The summed E-state index contributed by atoms with van der Waals surface area (Å²) in [5.74, 6) is 0.480. The summed E-state index contributed by atoms with van der Waals surface area (Å²) in [4.78, 5) is 10.3. The molecule has 4 nitrogen and oxygen atoms in total. The summed E-state index contributed by atoms with van der Waals surface area (Å²) in [5.41, 5.74) is 10.2. The van der Waals surface area contributed by atoms with Gasteiger partial charge in [0.25, 0.3) is 0 Å². The lowest BCUT2D eigenvalue weighted by molar-refractivity contribution is -0.119. The molecule has 0 aromatic rings. The van der Waals surface area contributed by atoms with Gasteiger partial charge in [-0.2, -0.15) is 11.8 Å². The molecule has 1 atom stereocenters. The molecule has 5 heteroatoms. The zero-order valence-corrected chi connectivity index (χ0v) is 6.78. The van der Waals surface area contributed by atoms with E-state index in [1.807, 2.05) is 6.26 Å². The fourth-order valence-corrected chi connectivity index (χ4v) is 0.877. The highest BCUT2D eigenvalue weighted by Crippen LogP contribution is 1.97. The molecule has 0 aliphatic rings. The number of amides is 1. The fourth-order valence-electron chi connectivity index (χ4n) is 0.387. The van der Waals surface area contributed by atoms with E-state index in [2.05, 4.69) is 0 Å². The number of carbonyl (C=O) groups is 1. The summed E-state index contributed by atoms with van der Waals surface area (Å²) in [6.45, 7) is 0. The van der Waals surface area contributed by atoms with Gasteiger partial charge in [-0.25, -0.2) is 0 Å². The smallest absolute Gasteiger partial charge is 0.234 e. The van der Waals surface area contributed by atoms with Crippen LogP contribution >= 0.6 is 11.8 Å². The molecule has 0 spiro atoms. The molecular formula is C5H14N2O2S. The molecule has 0 rings (SSSR count). The van der Waals surface area contributed by atoms with Crippen molar-refractivity contribution in [3.05, 3.63) is 0 Å². The third-order valence-corrected chi connectivity index (χ3v) is 1.64. The summed E-state index contributed by atoms with van der Waals surface area (Å²) in [6.07, 6.45) is 2.64. The lowest BCUT2D eigenvalue weighted by atomic mass is 10.2. The molecule has 0 fully saturated rings. The maximum absolute atomic E-state index is 10.3. The Morgan fingerprint density at radius 2 is 2.20 bits per heavy atom. The van der Waals surface area contributed by atoms with Crippen LogP contribution in [0.25, 0.3) is 0 Å². The van der Waals surface area contributed by atoms with Crippen LogP contribution in [-0.4, -0.2) is 29.4 Å². The molecule has 6 N–H and O–H groups in total. The Bertz CT molecular complexity index is 99.6. The number of rotatable bonds is 4. The maximum Gasteiger partial charge on any atom is 0.234 e. The van der Waals surface area contributed by atoms with E-state index in [0.717, 1.165) is 5.75 Å². The highest BCUT2D eigenvalue weighted by atomic mass is 32.2. The van der Waals surface area contributed by atoms with Crippen LogP contribution in [0.5, 0.6) is 0 Å². The summed E-state index contributed by atoms with van der Waals surface area (Å²) in [7, 11) is 0. The van der Waals surface area contributed by atoms with Crippen molar-refractivity contribution in [2.45, 2.75) is 12.5 Å². The fraction of sp³-hybridized carbons (Fsp3) is 0.800. The van der Waals surface area contributed by atoms with E-state index in [4.69, 9.17) is 11.5 Å². The summed E-state index contributed by atoms with van der Waals surface area (Å²) in [6, 6.07) is -0.461. The van der Waals surface area contributed by atoms with E-state index in [1.165, 1.54) is 0 Å². The van der Waals surface area contributed by atoms with E-state index in [0.29, 0.717) is 6.42 Å². The second-order valence-corrected chi connectivity index (χ2v) is 2.78. The van der Waals surface area contributed by atoms with Crippen molar-refractivity contribution in [3.63, 3.8) is 0 Å². The molecule has 0 aromatic heterocycles. The predicted molar refractivity (Wildman–Crippen MR) is 43.8 cm³/mol. The minimum atomic E-state index is -0.461. The van der Waals surface area contributed by atoms with Crippen LogP contribution in [0, 0.1) is 0 Å². The number of carbonyl (C=O) groups excluding carboxylic acids is 1. The SMILES string of the molecule is CSCC[C@H](N)C(N)=O.O. The summed E-state index contributed by atoms with van der Waals surface area (Å²) in [5, 5.41) is 0. The van der Waals surface area contributed by atoms with Crippen molar-refractivity contribution in [2.75, 3.05) is 12.0 Å². The Labute approximate surface area is 64.6 Å². The number of nitrogens with two attached hydrogens (primary N) is 2. The van der Waals surface area contributed by atoms with E-state index in [9.17, 15) is 4.79 Å². The van der Waals surface area contributed by atoms with Crippen LogP contribution in [0.2, 0.25) is 0 Å². The van der Waals surface area contributed by atoms with E-state index in [1.54, 1.807) is 11.8 Å². The van der Waals surface area contributed by atoms with Crippen molar-refractivity contribution < 1.29 is 10.3 Å². The largest absolute Gasteiger partial charge is 0.412 e. The van der Waals surface area contributed by atoms with Gasteiger partial charge >= 0.3 is 0 Å². The van der Waals surface area contributed by atoms with Crippen molar-refractivity contribution >= 4 is 17.7 Å². The first-order valence-corrected chi connectivity index (χ1v) is 4.11. The average molecular weight is 166 g/mol. The lowest BCUT2D eigenvalue weighted by Crippen LogP contribution is -2.36. The molecule has 62 valence electrons. The van der Waals surface area contributed by atoms with Gasteiger partial charge in [0.15, 0.2) is 0 Å². The molecule has 0 aliphatic carbocycles. The molecule has 10 heavy (non-hydrogen) atoms. The second kappa shape index (κ2) is 6.85. The van der Waals surface area contributed by atoms with Crippen LogP contribution in [0.15, 0.2) is 0 Å². The van der Waals surface area contributed by atoms with Gasteiger partial charge in [-0.1, -0.05) is 0 Å². The van der Waals surface area contributed by atoms with Crippen LogP contribution in [0.4, 0.5) is 0 Å². The van der Waals surface area contributed by atoms with Crippen molar-refractivity contribution in [3.8, 4) is 0 Å². The van der Waals surface area contributed by atoms with Crippen LogP contribution in [0.3, 0.4) is 0 Å². The van der Waals surface area contributed by atoms with Gasteiger partial charge in [-0.15, -0.1) is 0 Å². The normalized spacial score (nSPS) is 11.8. The van der Waals surface area contributed by atoms with Crippen molar-refractivity contribution in [1.82, 2.24) is 0 Å². The van der Waals surface area contributed by atoms with Crippen molar-refractivity contribution in [2.24, 2.45) is 11.5 Å².